The van der Waals surface area contributed by atoms with E-state index in [-0.39, 0.29) is 11.8 Å². The molecule has 22 heavy (non-hydrogen) atoms. The van der Waals surface area contributed by atoms with Crippen LogP contribution in [0, 0.1) is 0 Å². The highest BCUT2D eigenvalue weighted by Crippen LogP contribution is 2.22. The first-order chi connectivity index (χ1) is 10.8. The second kappa shape index (κ2) is 7.03. The molecular weight excluding hydrogens is 280 g/mol. The molecular formula is C17H22N2O3. The van der Waals surface area contributed by atoms with Crippen LogP contribution in [0.2, 0.25) is 0 Å². The molecule has 3 rings (SSSR count). The highest BCUT2D eigenvalue weighted by molar-refractivity contribution is 6.21. The zero-order valence-corrected chi connectivity index (χ0v) is 12.7. The van der Waals surface area contributed by atoms with Crippen LogP contribution in [0.15, 0.2) is 24.3 Å². The van der Waals surface area contributed by atoms with E-state index < -0.39 is 0 Å². The van der Waals surface area contributed by atoms with Crippen LogP contribution in [0.25, 0.3) is 0 Å². The Kier molecular flexibility index (Phi) is 4.85. The maximum absolute atomic E-state index is 12.2. The molecule has 1 atom stereocenters. The molecule has 0 aliphatic carbocycles. The van der Waals surface area contributed by atoms with E-state index in [1.807, 2.05) is 0 Å². The van der Waals surface area contributed by atoms with Gasteiger partial charge in [0.05, 0.1) is 23.8 Å². The number of fused-ring (bicyclic) bond motifs is 1. The normalized spacial score (nSPS) is 21.3. The van der Waals surface area contributed by atoms with Crippen LogP contribution in [-0.4, -0.2) is 49.1 Å². The van der Waals surface area contributed by atoms with Gasteiger partial charge in [-0.1, -0.05) is 25.0 Å². The molecule has 1 aromatic carbocycles. The predicted octanol–water partition coefficient (Wildman–Crippen LogP) is 1.83. The van der Waals surface area contributed by atoms with Gasteiger partial charge in [-0.25, -0.2) is 0 Å². The molecule has 5 nitrogen and oxygen atoms in total. The van der Waals surface area contributed by atoms with Gasteiger partial charge in [0, 0.05) is 19.6 Å². The van der Waals surface area contributed by atoms with Crippen LogP contribution < -0.4 is 5.32 Å². The van der Waals surface area contributed by atoms with Crippen molar-refractivity contribution in [1.82, 2.24) is 10.2 Å². The van der Waals surface area contributed by atoms with Crippen molar-refractivity contribution in [3.8, 4) is 0 Å². The standard InChI is InChI=1S/C17H22N2O3/c20-16-14-7-3-4-8-15(14)17(21)19(16)10-5-1-2-6-13-12-18-9-11-22-13/h3-4,7-8,13,18H,1-2,5-6,9-12H2. The third-order valence-electron chi connectivity index (χ3n) is 4.29. The lowest BCUT2D eigenvalue weighted by molar-refractivity contribution is 0.0219. The number of amides is 2. The number of nitrogens with one attached hydrogen (secondary N) is 1. The highest BCUT2D eigenvalue weighted by atomic mass is 16.5. The number of carbonyl (C=O) groups is 2. The van der Waals surface area contributed by atoms with Gasteiger partial charge in [0.1, 0.15) is 0 Å². The fraction of sp³-hybridized carbons (Fsp3) is 0.529. The average Bonchev–Trinajstić information content (AvgIpc) is 2.81. The SMILES string of the molecule is O=C1c2ccccc2C(=O)N1CCCCCC1CNCCO1. The fourth-order valence-electron chi connectivity index (χ4n) is 3.07. The molecule has 2 aliphatic heterocycles. The van der Waals surface area contributed by atoms with Crippen molar-refractivity contribution in [2.24, 2.45) is 0 Å². The van der Waals surface area contributed by atoms with Crippen LogP contribution in [0.3, 0.4) is 0 Å². The Hall–Kier alpha value is -1.72. The number of ether oxygens (including phenoxy) is 1. The van der Waals surface area contributed by atoms with E-state index in [1.165, 1.54) is 4.90 Å². The first-order valence-corrected chi connectivity index (χ1v) is 8.05. The van der Waals surface area contributed by atoms with E-state index in [9.17, 15) is 9.59 Å². The van der Waals surface area contributed by atoms with Crippen LogP contribution in [0.5, 0.6) is 0 Å². The summed E-state index contributed by atoms with van der Waals surface area (Å²) in [6.07, 6.45) is 4.27. The Morgan fingerprint density at radius 1 is 1.09 bits per heavy atom. The number of benzene rings is 1. The minimum absolute atomic E-state index is 0.152. The van der Waals surface area contributed by atoms with E-state index in [0.29, 0.717) is 23.8 Å². The molecule has 2 amide bonds. The van der Waals surface area contributed by atoms with Crippen molar-refractivity contribution in [1.29, 1.82) is 0 Å². The Labute approximate surface area is 130 Å². The predicted molar refractivity (Wildman–Crippen MR) is 82.9 cm³/mol. The molecule has 1 aromatic rings. The zero-order valence-electron chi connectivity index (χ0n) is 12.7. The van der Waals surface area contributed by atoms with Crippen LogP contribution in [0.4, 0.5) is 0 Å². The van der Waals surface area contributed by atoms with Gasteiger partial charge in [-0.05, 0) is 25.0 Å². The Morgan fingerprint density at radius 2 is 1.82 bits per heavy atom. The molecule has 0 radical (unpaired) electrons. The summed E-state index contributed by atoms with van der Waals surface area (Å²) in [5, 5.41) is 3.32. The van der Waals surface area contributed by atoms with Crippen molar-refractivity contribution in [2.75, 3.05) is 26.2 Å². The monoisotopic (exact) mass is 302 g/mol. The lowest BCUT2D eigenvalue weighted by Crippen LogP contribution is -2.38. The second-order valence-electron chi connectivity index (χ2n) is 5.85. The number of hydrogen-bond donors (Lipinski definition) is 1. The number of hydrogen-bond acceptors (Lipinski definition) is 4. The smallest absolute Gasteiger partial charge is 0.261 e. The van der Waals surface area contributed by atoms with Gasteiger partial charge in [-0.15, -0.1) is 0 Å². The van der Waals surface area contributed by atoms with Crippen LogP contribution in [-0.2, 0) is 4.74 Å². The number of carbonyl (C=O) groups excluding carboxylic acids is 2. The summed E-state index contributed by atoms with van der Waals surface area (Å²) >= 11 is 0. The van der Waals surface area contributed by atoms with E-state index in [2.05, 4.69) is 5.32 Å². The molecule has 118 valence electrons. The fourth-order valence-corrected chi connectivity index (χ4v) is 3.07. The van der Waals surface area contributed by atoms with Gasteiger partial charge in [0.15, 0.2) is 0 Å². The summed E-state index contributed by atoms with van der Waals surface area (Å²) in [5.41, 5.74) is 1.07. The molecule has 0 saturated carbocycles. The van der Waals surface area contributed by atoms with E-state index in [0.717, 1.165) is 45.4 Å². The Bertz CT molecular complexity index is 518. The number of imide groups is 1. The molecule has 0 spiro atoms. The highest BCUT2D eigenvalue weighted by Gasteiger charge is 2.34. The van der Waals surface area contributed by atoms with Crippen molar-refractivity contribution < 1.29 is 14.3 Å². The third-order valence-corrected chi connectivity index (χ3v) is 4.29. The quantitative estimate of drug-likeness (QED) is 0.643. The van der Waals surface area contributed by atoms with Gasteiger partial charge >= 0.3 is 0 Å². The number of morpholine rings is 1. The summed E-state index contributed by atoms with van der Waals surface area (Å²) in [4.78, 5) is 25.8. The molecule has 0 aromatic heterocycles. The lowest BCUT2D eigenvalue weighted by atomic mass is 10.1. The lowest BCUT2D eigenvalue weighted by Gasteiger charge is -2.23. The van der Waals surface area contributed by atoms with E-state index in [1.54, 1.807) is 24.3 Å². The molecule has 2 heterocycles. The molecule has 5 heteroatoms. The first kappa shape index (κ1) is 15.2. The molecule has 1 unspecified atom stereocenters. The topological polar surface area (TPSA) is 58.6 Å². The maximum atomic E-state index is 12.2. The average molecular weight is 302 g/mol. The Morgan fingerprint density at radius 3 is 2.45 bits per heavy atom. The molecule has 1 N–H and O–H groups in total. The summed E-state index contributed by atoms with van der Waals surface area (Å²) in [6, 6.07) is 7.05. The van der Waals surface area contributed by atoms with E-state index >= 15 is 0 Å². The summed E-state index contributed by atoms with van der Waals surface area (Å²) in [7, 11) is 0. The zero-order chi connectivity index (χ0) is 15.4. The molecule has 0 bridgehead atoms. The molecule has 1 fully saturated rings. The van der Waals surface area contributed by atoms with Gasteiger partial charge in [-0.3, -0.25) is 14.5 Å². The van der Waals surface area contributed by atoms with Gasteiger partial charge < -0.3 is 10.1 Å². The largest absolute Gasteiger partial charge is 0.376 e. The number of nitrogens with zero attached hydrogens (tertiary/aromatic N) is 1. The number of rotatable bonds is 6. The summed E-state index contributed by atoms with van der Waals surface area (Å²) in [6.45, 7) is 3.17. The molecule has 1 saturated heterocycles. The minimum Gasteiger partial charge on any atom is -0.376 e. The van der Waals surface area contributed by atoms with E-state index in [4.69, 9.17) is 4.74 Å². The van der Waals surface area contributed by atoms with Gasteiger partial charge in [0.25, 0.3) is 11.8 Å². The summed E-state index contributed by atoms with van der Waals surface area (Å²) in [5.74, 6) is -0.305. The second-order valence-corrected chi connectivity index (χ2v) is 5.85. The number of unbranched alkanes of at least 4 members (excludes halogenated alkanes) is 2. The summed E-state index contributed by atoms with van der Waals surface area (Å²) < 4.78 is 5.65. The first-order valence-electron chi connectivity index (χ1n) is 8.05. The molecule has 2 aliphatic rings. The van der Waals surface area contributed by atoms with Crippen molar-refractivity contribution in [3.05, 3.63) is 35.4 Å². The van der Waals surface area contributed by atoms with Crippen LogP contribution in [0.1, 0.15) is 46.4 Å². The van der Waals surface area contributed by atoms with Crippen molar-refractivity contribution in [3.63, 3.8) is 0 Å². The van der Waals surface area contributed by atoms with Crippen LogP contribution >= 0.6 is 0 Å². The minimum atomic E-state index is -0.152. The van der Waals surface area contributed by atoms with Crippen molar-refractivity contribution >= 4 is 11.8 Å². The van der Waals surface area contributed by atoms with Crippen molar-refractivity contribution in [2.45, 2.75) is 31.8 Å². The van der Waals surface area contributed by atoms with Gasteiger partial charge in [-0.2, -0.15) is 0 Å². The Balaban J connectivity index is 1.41. The third kappa shape index (κ3) is 3.20. The van der Waals surface area contributed by atoms with Gasteiger partial charge in [0.2, 0.25) is 0 Å². The maximum Gasteiger partial charge on any atom is 0.261 e.